The Kier molecular flexibility index (Phi) is 6.39. The van der Waals surface area contributed by atoms with Crippen molar-refractivity contribution in [2.24, 2.45) is 0 Å². The van der Waals surface area contributed by atoms with E-state index >= 15 is 0 Å². The topological polar surface area (TPSA) is 12.5 Å². The van der Waals surface area contributed by atoms with Crippen molar-refractivity contribution in [1.29, 1.82) is 0 Å². The average Bonchev–Trinajstić information content (AvgIpc) is 3.91. The van der Waals surface area contributed by atoms with Gasteiger partial charge in [-0.25, -0.2) is 0 Å². The van der Waals surface area contributed by atoms with Crippen molar-refractivity contribution in [3.63, 3.8) is 0 Å². The van der Waals surface area contributed by atoms with Crippen LogP contribution in [0.3, 0.4) is 0 Å². The Labute approximate surface area is 336 Å². The predicted octanol–water partition coefficient (Wildman–Crippen LogP) is 13.7. The van der Waals surface area contributed by atoms with E-state index in [1.807, 2.05) is 22.7 Å². The molecule has 2 nitrogen and oxygen atoms in total. The Hall–Kier alpha value is -5.68. The van der Waals surface area contributed by atoms with Gasteiger partial charge in [-0.15, -0.1) is 22.7 Å². The summed E-state index contributed by atoms with van der Waals surface area (Å²) in [6.45, 7) is 9.64. The molecule has 0 N–H and O–H groups in total. The molecule has 0 bridgehead atoms. The van der Waals surface area contributed by atoms with Crippen molar-refractivity contribution < 1.29 is 4.74 Å². The van der Waals surface area contributed by atoms with Crippen LogP contribution in [-0.2, 0) is 21.7 Å². The normalized spacial score (nSPS) is 17.6. The second-order valence-electron chi connectivity index (χ2n) is 16.8. The zero-order valence-electron chi connectivity index (χ0n) is 31.8. The lowest BCUT2D eigenvalue weighted by Gasteiger charge is -2.55. The van der Waals surface area contributed by atoms with Gasteiger partial charge in [-0.3, -0.25) is 4.90 Å². The maximum Gasteiger partial charge on any atom is 0.151 e. The first-order valence-corrected chi connectivity index (χ1v) is 21.3. The van der Waals surface area contributed by atoms with E-state index < -0.39 is 10.8 Å². The highest BCUT2D eigenvalue weighted by atomic mass is 32.1. The van der Waals surface area contributed by atoms with Gasteiger partial charge in [0.1, 0.15) is 5.00 Å². The molecule has 1 aliphatic heterocycles. The Balaban J connectivity index is 1.29. The quantitative estimate of drug-likeness (QED) is 0.165. The highest BCUT2D eigenvalue weighted by Gasteiger charge is 2.62. The lowest BCUT2D eigenvalue weighted by Crippen LogP contribution is -2.50. The summed E-state index contributed by atoms with van der Waals surface area (Å²) in [5.74, 6) is 1.73. The number of benzene rings is 6. The van der Waals surface area contributed by atoms with Crippen LogP contribution in [0.5, 0.6) is 11.5 Å². The van der Waals surface area contributed by atoms with Gasteiger partial charge in [0.2, 0.25) is 0 Å². The van der Waals surface area contributed by atoms with Crippen LogP contribution in [-0.4, -0.2) is 0 Å². The van der Waals surface area contributed by atoms with E-state index in [0.29, 0.717) is 0 Å². The molecular formula is C52H39NOS2. The summed E-state index contributed by atoms with van der Waals surface area (Å²) >= 11 is 3.89. The molecule has 3 aliphatic carbocycles. The first-order chi connectivity index (χ1) is 27.3. The number of hydrogen-bond donors (Lipinski definition) is 0. The van der Waals surface area contributed by atoms with Gasteiger partial charge in [0.05, 0.1) is 22.2 Å². The van der Waals surface area contributed by atoms with Gasteiger partial charge in [0.25, 0.3) is 0 Å². The molecule has 0 radical (unpaired) electrons. The van der Waals surface area contributed by atoms with Crippen LogP contribution >= 0.6 is 22.7 Å². The van der Waals surface area contributed by atoms with Gasteiger partial charge < -0.3 is 4.74 Å². The average molecular weight is 758 g/mol. The van der Waals surface area contributed by atoms with Crippen molar-refractivity contribution in [2.75, 3.05) is 4.90 Å². The molecular weight excluding hydrogens is 719 g/mol. The van der Waals surface area contributed by atoms with Crippen LogP contribution in [0.2, 0.25) is 0 Å². The molecule has 2 aromatic heterocycles. The molecule has 270 valence electrons. The molecule has 56 heavy (non-hydrogen) atoms. The summed E-state index contributed by atoms with van der Waals surface area (Å²) in [5.41, 5.74) is 14.5. The van der Waals surface area contributed by atoms with Crippen LogP contribution in [0.25, 0.3) is 0 Å². The summed E-state index contributed by atoms with van der Waals surface area (Å²) < 4.78 is 6.59. The maximum absolute atomic E-state index is 6.59. The second kappa shape index (κ2) is 11.0. The maximum atomic E-state index is 6.59. The van der Waals surface area contributed by atoms with Crippen LogP contribution < -0.4 is 9.64 Å². The number of thiophene rings is 2. The Bertz CT molecular complexity index is 2650. The van der Waals surface area contributed by atoms with Crippen molar-refractivity contribution in [1.82, 2.24) is 0 Å². The van der Waals surface area contributed by atoms with Crippen LogP contribution in [0.1, 0.15) is 93.1 Å². The fourth-order valence-corrected chi connectivity index (χ4v) is 13.9. The van der Waals surface area contributed by atoms with E-state index in [1.54, 1.807) is 0 Å². The van der Waals surface area contributed by atoms with Gasteiger partial charge in [-0.05, 0) is 97.4 Å². The molecule has 3 heterocycles. The summed E-state index contributed by atoms with van der Waals surface area (Å²) in [7, 11) is 0. The summed E-state index contributed by atoms with van der Waals surface area (Å²) in [4.78, 5) is 5.26. The number of fused-ring (bicyclic) bond motifs is 16. The van der Waals surface area contributed by atoms with Gasteiger partial charge >= 0.3 is 0 Å². The van der Waals surface area contributed by atoms with E-state index in [1.165, 1.54) is 70.4 Å². The Morgan fingerprint density at radius 1 is 0.411 bits per heavy atom. The fourth-order valence-electron chi connectivity index (χ4n) is 11.2. The summed E-state index contributed by atoms with van der Waals surface area (Å²) in [6.07, 6.45) is 0. The van der Waals surface area contributed by atoms with E-state index in [0.717, 1.165) is 22.9 Å². The van der Waals surface area contributed by atoms with Gasteiger partial charge in [0.15, 0.2) is 11.5 Å². The number of nitrogens with zero attached hydrogens (tertiary/aromatic N) is 1. The second-order valence-corrected chi connectivity index (χ2v) is 18.7. The number of rotatable bonds is 1. The molecule has 0 fully saturated rings. The third kappa shape index (κ3) is 3.73. The SMILES string of the molecule is CC1(C)c2ccccc2C2(c3ccccc31)c1cc(N3c4ccccc4Oc4ccccc43)sc1C1(c3ccccc3C(C)(C)c3ccccc31)c1ccsc12. The molecule has 12 rings (SSSR count). The highest BCUT2D eigenvalue weighted by Crippen LogP contribution is 2.70. The highest BCUT2D eigenvalue weighted by molar-refractivity contribution is 7.17. The fraction of sp³-hybridized carbons (Fsp3) is 0.154. The summed E-state index contributed by atoms with van der Waals surface area (Å²) in [5, 5.41) is 3.56. The Morgan fingerprint density at radius 3 is 1.27 bits per heavy atom. The minimum absolute atomic E-state index is 0.180. The van der Waals surface area contributed by atoms with E-state index in [9.17, 15) is 0 Å². The molecule has 0 amide bonds. The molecule has 0 saturated heterocycles. The summed E-state index contributed by atoms with van der Waals surface area (Å²) in [6, 6.07) is 59.3. The number of para-hydroxylation sites is 4. The number of hydrogen-bond acceptors (Lipinski definition) is 4. The molecule has 0 atom stereocenters. The minimum Gasteiger partial charge on any atom is -0.453 e. The predicted molar refractivity (Wildman–Crippen MR) is 231 cm³/mol. The lowest BCUT2D eigenvalue weighted by molar-refractivity contribution is 0.477. The molecule has 8 aromatic rings. The van der Waals surface area contributed by atoms with Crippen molar-refractivity contribution >= 4 is 39.0 Å². The van der Waals surface area contributed by atoms with E-state index in [-0.39, 0.29) is 10.8 Å². The van der Waals surface area contributed by atoms with Crippen molar-refractivity contribution in [2.45, 2.75) is 49.4 Å². The van der Waals surface area contributed by atoms with E-state index in [4.69, 9.17) is 4.74 Å². The first-order valence-electron chi connectivity index (χ1n) is 19.6. The van der Waals surface area contributed by atoms with Gasteiger partial charge in [-0.1, -0.05) is 149 Å². The molecule has 0 unspecified atom stereocenters. The van der Waals surface area contributed by atoms with Crippen LogP contribution in [0.4, 0.5) is 16.4 Å². The third-order valence-corrected chi connectivity index (χ3v) is 15.8. The monoisotopic (exact) mass is 757 g/mol. The number of anilines is 3. The molecule has 6 aromatic carbocycles. The molecule has 0 saturated carbocycles. The van der Waals surface area contributed by atoms with Gasteiger partial charge in [0, 0.05) is 20.6 Å². The van der Waals surface area contributed by atoms with E-state index in [2.05, 4.69) is 196 Å². The number of ether oxygens (including phenoxy) is 1. The van der Waals surface area contributed by atoms with Crippen LogP contribution in [0, 0.1) is 0 Å². The van der Waals surface area contributed by atoms with Gasteiger partial charge in [-0.2, -0.15) is 0 Å². The largest absolute Gasteiger partial charge is 0.453 e. The zero-order chi connectivity index (χ0) is 37.6. The molecule has 4 aliphatic rings. The molecule has 2 spiro atoms. The lowest BCUT2D eigenvalue weighted by atomic mass is 9.48. The first kappa shape index (κ1) is 32.6. The molecule has 4 heteroatoms. The standard InChI is InChI=1S/C52H39NOS2/c1-49(2)32-17-5-9-21-36(32)51(37-22-10-6-18-33(37)49)40-29-30-55-47(40)52(38-23-11-7-19-34(38)50(3,4)35-20-8-12-24-39(35)52)41-31-46(56-48(41)51)53-42-25-13-15-27-44(42)54-45-28-16-14-26-43(45)53/h5-31H,1-4H3. The zero-order valence-corrected chi connectivity index (χ0v) is 33.4. The third-order valence-electron chi connectivity index (χ3n) is 13.5. The van der Waals surface area contributed by atoms with Crippen molar-refractivity contribution in [3.8, 4) is 11.5 Å². The van der Waals surface area contributed by atoms with Crippen LogP contribution in [0.15, 0.2) is 163 Å². The Morgan fingerprint density at radius 2 is 0.804 bits per heavy atom. The minimum atomic E-state index is -0.538. The smallest absolute Gasteiger partial charge is 0.151 e. The van der Waals surface area contributed by atoms with Crippen molar-refractivity contribution in [3.05, 3.63) is 228 Å².